The second-order valence-electron chi connectivity index (χ2n) is 12.6. The van der Waals surface area contributed by atoms with E-state index in [0.29, 0.717) is 37.9 Å². The van der Waals surface area contributed by atoms with Crippen LogP contribution in [0.25, 0.3) is 10.8 Å². The molecule has 45 heavy (non-hydrogen) atoms. The Balaban J connectivity index is 1.36. The molecule has 0 aliphatic heterocycles. The topological polar surface area (TPSA) is 142 Å². The largest absolute Gasteiger partial charge is 0.399 e. The van der Waals surface area contributed by atoms with Gasteiger partial charge in [-0.25, -0.2) is 8.42 Å². The lowest BCUT2D eigenvalue weighted by atomic mass is 10.00. The molecule has 4 rings (SSSR count). The summed E-state index contributed by atoms with van der Waals surface area (Å²) < 4.78 is 28.4. The monoisotopic (exact) mass is 636 g/mol. The molecule has 1 aliphatic carbocycles. The number of nitrogens with one attached hydrogen (secondary N) is 2. The first kappa shape index (κ1) is 34.4. The number of nitrogens with zero attached hydrogens (tertiary/aromatic N) is 1. The van der Waals surface area contributed by atoms with Crippen molar-refractivity contribution in [1.29, 1.82) is 0 Å². The van der Waals surface area contributed by atoms with Crippen LogP contribution in [0.2, 0.25) is 0 Å². The molecular weight excluding hydrogens is 588 g/mol. The SMILES string of the molecule is CC(C)CN([C@H](CO)CCCCNC(=O)[C@H](Cc1ccc2ccccc2c1)NC(=O)C1CCCC1)S(=O)(=O)c1ccc(N)cc1. The minimum absolute atomic E-state index is 0.0503. The minimum atomic E-state index is -3.85. The van der Waals surface area contributed by atoms with Gasteiger partial charge in [-0.1, -0.05) is 75.6 Å². The predicted octanol–water partition coefficient (Wildman–Crippen LogP) is 4.63. The number of benzene rings is 3. The van der Waals surface area contributed by atoms with Crippen LogP contribution >= 0.6 is 0 Å². The Morgan fingerprint density at radius 3 is 2.33 bits per heavy atom. The van der Waals surface area contributed by atoms with E-state index in [1.54, 1.807) is 12.1 Å². The van der Waals surface area contributed by atoms with E-state index in [0.717, 1.165) is 42.0 Å². The van der Waals surface area contributed by atoms with Crippen molar-refractivity contribution < 1.29 is 23.1 Å². The quantitative estimate of drug-likeness (QED) is 0.133. The number of fused-ring (bicyclic) bond motifs is 1. The van der Waals surface area contributed by atoms with E-state index in [1.165, 1.54) is 16.4 Å². The molecule has 244 valence electrons. The Morgan fingerprint density at radius 1 is 0.978 bits per heavy atom. The van der Waals surface area contributed by atoms with E-state index in [-0.39, 0.29) is 41.7 Å². The first-order chi connectivity index (χ1) is 21.6. The summed E-state index contributed by atoms with van der Waals surface area (Å²) in [4.78, 5) is 26.5. The predicted molar refractivity (Wildman–Crippen MR) is 179 cm³/mol. The third-order valence-electron chi connectivity index (χ3n) is 8.53. The minimum Gasteiger partial charge on any atom is -0.399 e. The summed E-state index contributed by atoms with van der Waals surface area (Å²) in [6.45, 7) is 4.21. The fraction of sp³-hybridized carbons (Fsp3) is 0.486. The van der Waals surface area contributed by atoms with Gasteiger partial charge in [-0.2, -0.15) is 4.31 Å². The number of nitrogens with two attached hydrogens (primary N) is 1. The molecule has 0 bridgehead atoms. The highest BCUT2D eigenvalue weighted by Crippen LogP contribution is 2.26. The van der Waals surface area contributed by atoms with Crippen molar-refractivity contribution in [1.82, 2.24) is 14.9 Å². The van der Waals surface area contributed by atoms with E-state index in [1.807, 2.05) is 50.2 Å². The molecule has 0 radical (unpaired) electrons. The first-order valence-electron chi connectivity index (χ1n) is 16.1. The van der Waals surface area contributed by atoms with Gasteiger partial charge in [0.2, 0.25) is 21.8 Å². The van der Waals surface area contributed by atoms with Crippen LogP contribution in [0.1, 0.15) is 64.4 Å². The maximum Gasteiger partial charge on any atom is 0.243 e. The lowest BCUT2D eigenvalue weighted by Crippen LogP contribution is -2.49. The number of rotatable bonds is 16. The van der Waals surface area contributed by atoms with Crippen LogP contribution in [0.5, 0.6) is 0 Å². The summed E-state index contributed by atoms with van der Waals surface area (Å²) in [6.07, 6.45) is 5.78. The van der Waals surface area contributed by atoms with Gasteiger partial charge in [-0.3, -0.25) is 9.59 Å². The van der Waals surface area contributed by atoms with Crippen LogP contribution in [0, 0.1) is 11.8 Å². The summed E-state index contributed by atoms with van der Waals surface area (Å²) in [7, 11) is -3.85. The maximum absolute atomic E-state index is 13.5. The smallest absolute Gasteiger partial charge is 0.243 e. The van der Waals surface area contributed by atoms with Crippen molar-refractivity contribution in [2.75, 3.05) is 25.4 Å². The molecule has 0 heterocycles. The van der Waals surface area contributed by atoms with Crippen molar-refractivity contribution in [3.63, 3.8) is 0 Å². The summed E-state index contributed by atoms with van der Waals surface area (Å²) in [5.74, 6) is -0.293. The van der Waals surface area contributed by atoms with Gasteiger partial charge in [0.05, 0.1) is 11.5 Å². The van der Waals surface area contributed by atoms with Gasteiger partial charge in [-0.15, -0.1) is 0 Å². The van der Waals surface area contributed by atoms with Gasteiger partial charge in [0.15, 0.2) is 0 Å². The highest BCUT2D eigenvalue weighted by molar-refractivity contribution is 7.89. The Kier molecular flexibility index (Phi) is 12.4. The zero-order valence-corrected chi connectivity index (χ0v) is 27.3. The average Bonchev–Trinajstić information content (AvgIpc) is 3.57. The normalized spacial score (nSPS) is 15.4. The van der Waals surface area contributed by atoms with Crippen LogP contribution in [0.3, 0.4) is 0 Å². The number of carbonyl (C=O) groups is 2. The average molecular weight is 637 g/mol. The van der Waals surface area contributed by atoms with Crippen LogP contribution in [0.4, 0.5) is 5.69 Å². The number of amides is 2. The number of unbranched alkanes of at least 4 members (excludes halogenated alkanes) is 1. The number of carbonyl (C=O) groups excluding carboxylic acids is 2. The maximum atomic E-state index is 13.5. The van der Waals surface area contributed by atoms with Crippen LogP contribution in [-0.2, 0) is 26.0 Å². The van der Waals surface area contributed by atoms with Gasteiger partial charge in [0.25, 0.3) is 0 Å². The third kappa shape index (κ3) is 9.51. The van der Waals surface area contributed by atoms with Gasteiger partial charge < -0.3 is 21.5 Å². The zero-order chi connectivity index (χ0) is 32.4. The lowest BCUT2D eigenvalue weighted by molar-refractivity contribution is -0.131. The van der Waals surface area contributed by atoms with Crippen molar-refractivity contribution in [3.05, 3.63) is 72.3 Å². The van der Waals surface area contributed by atoms with E-state index < -0.39 is 22.1 Å². The number of hydrogen-bond donors (Lipinski definition) is 4. The molecule has 9 nitrogen and oxygen atoms in total. The number of hydrogen-bond acceptors (Lipinski definition) is 6. The van der Waals surface area contributed by atoms with Crippen LogP contribution in [0.15, 0.2) is 71.6 Å². The second-order valence-corrected chi connectivity index (χ2v) is 14.5. The standard InChI is InChI=1S/C35H48N4O5S/c1-25(2)23-39(45(43,44)32-18-16-30(36)17-19-32)31(24-40)13-7-8-20-37-35(42)33(38-34(41)28-10-4-5-11-28)22-26-14-15-27-9-3-6-12-29(27)21-26/h3,6,9,12,14-19,21,25,28,31,33,40H,4-5,7-8,10-11,13,20,22-24,36H2,1-2H3,(H,37,42)(H,38,41)/t31-,33-/m0/s1. The van der Waals surface area contributed by atoms with Crippen molar-refractivity contribution >= 4 is 38.3 Å². The first-order valence-corrected chi connectivity index (χ1v) is 17.6. The molecule has 1 saturated carbocycles. The summed E-state index contributed by atoms with van der Waals surface area (Å²) >= 11 is 0. The zero-order valence-electron chi connectivity index (χ0n) is 26.5. The molecule has 3 aromatic rings. The molecule has 5 N–H and O–H groups in total. The molecular formula is C35H48N4O5S. The molecule has 10 heteroatoms. The number of aliphatic hydroxyl groups excluding tert-OH is 1. The molecule has 0 aromatic heterocycles. The molecule has 0 saturated heterocycles. The fourth-order valence-electron chi connectivity index (χ4n) is 6.03. The summed E-state index contributed by atoms with van der Waals surface area (Å²) in [5.41, 5.74) is 7.20. The van der Waals surface area contributed by atoms with Gasteiger partial charge in [-0.05, 0) is 72.2 Å². The van der Waals surface area contributed by atoms with Crippen LogP contribution < -0.4 is 16.4 Å². The number of anilines is 1. The summed E-state index contributed by atoms with van der Waals surface area (Å²) in [5, 5.41) is 18.4. The van der Waals surface area contributed by atoms with Crippen molar-refractivity contribution in [2.24, 2.45) is 11.8 Å². The second kappa shape index (κ2) is 16.2. The van der Waals surface area contributed by atoms with Crippen molar-refractivity contribution in [2.45, 2.75) is 82.2 Å². The van der Waals surface area contributed by atoms with Crippen molar-refractivity contribution in [3.8, 4) is 0 Å². The van der Waals surface area contributed by atoms with Crippen LogP contribution in [-0.4, -0.2) is 61.4 Å². The molecule has 3 aromatic carbocycles. The molecule has 1 fully saturated rings. The number of nitrogen functional groups attached to an aromatic ring is 1. The molecule has 0 unspecified atom stereocenters. The van der Waals surface area contributed by atoms with E-state index in [2.05, 4.69) is 16.7 Å². The highest BCUT2D eigenvalue weighted by Gasteiger charge is 2.32. The number of sulfonamides is 1. The molecule has 0 spiro atoms. The van der Waals surface area contributed by atoms with Gasteiger partial charge in [0, 0.05) is 37.2 Å². The molecule has 2 amide bonds. The molecule has 2 atom stereocenters. The van der Waals surface area contributed by atoms with E-state index in [9.17, 15) is 23.1 Å². The molecule has 1 aliphatic rings. The van der Waals surface area contributed by atoms with E-state index >= 15 is 0 Å². The van der Waals surface area contributed by atoms with Gasteiger partial charge >= 0.3 is 0 Å². The third-order valence-corrected chi connectivity index (χ3v) is 10.5. The Hall–Kier alpha value is -3.47. The van der Waals surface area contributed by atoms with E-state index in [4.69, 9.17) is 5.73 Å². The van der Waals surface area contributed by atoms with Gasteiger partial charge in [0.1, 0.15) is 6.04 Å². The Bertz CT molecular complexity index is 1520. The Morgan fingerprint density at radius 2 is 1.67 bits per heavy atom. The highest BCUT2D eigenvalue weighted by atomic mass is 32.2. The lowest BCUT2D eigenvalue weighted by Gasteiger charge is -2.31. The number of aliphatic hydroxyl groups is 1. The Labute approximate surface area is 267 Å². The summed E-state index contributed by atoms with van der Waals surface area (Å²) in [6, 6.07) is 18.9. The fourth-order valence-corrected chi connectivity index (χ4v) is 7.84.